The molecule has 2 aromatic rings. The summed E-state index contributed by atoms with van der Waals surface area (Å²) in [6, 6.07) is 6.51. The Morgan fingerprint density at radius 3 is 2.50 bits per heavy atom. The maximum atomic E-state index is 12.0. The smallest absolute Gasteiger partial charge is 0.245 e. The van der Waals surface area contributed by atoms with Gasteiger partial charge < -0.3 is 0 Å². The van der Waals surface area contributed by atoms with Crippen molar-refractivity contribution in [2.45, 2.75) is 10.2 Å². The molecule has 0 unspecified atom stereocenters. The fourth-order valence-electron chi connectivity index (χ4n) is 1.26. The van der Waals surface area contributed by atoms with Crippen molar-refractivity contribution in [3.63, 3.8) is 0 Å². The number of hydrogen-bond acceptors (Lipinski definition) is 5. The van der Waals surface area contributed by atoms with E-state index in [9.17, 15) is 8.42 Å². The Labute approximate surface area is 112 Å². The zero-order valence-corrected chi connectivity index (χ0v) is 11.8. The molecule has 18 heavy (non-hydrogen) atoms. The minimum atomic E-state index is -3.67. The van der Waals surface area contributed by atoms with Gasteiger partial charge in [0, 0.05) is 5.33 Å². The molecule has 0 aliphatic carbocycles. The Kier molecular flexibility index (Phi) is 3.62. The molecule has 0 saturated carbocycles. The predicted molar refractivity (Wildman–Crippen MR) is 68.7 cm³/mol. The van der Waals surface area contributed by atoms with E-state index >= 15 is 0 Å². The average molecular weight is 332 g/mol. The molecule has 0 saturated heterocycles. The lowest BCUT2D eigenvalue weighted by Gasteiger charge is -2.04. The zero-order chi connectivity index (χ0) is 13.2. The molecular weight excluding hydrogens is 322 g/mol. The summed E-state index contributed by atoms with van der Waals surface area (Å²) in [5.41, 5.74) is 0.992. The van der Waals surface area contributed by atoms with E-state index in [4.69, 9.17) is 0 Å². The Morgan fingerprint density at radius 2 is 2.00 bits per heavy atom. The molecule has 0 aliphatic rings. The standard InChI is InChI=1S/C9H10BrN5O2S/c1-15-12-9(11-14-15)13-18(16,17)8-4-2-7(6-10)3-5-8/h2-5H,6H2,1H3,(H,12,13). The summed E-state index contributed by atoms with van der Waals surface area (Å²) in [7, 11) is -2.12. The first-order valence-corrected chi connectivity index (χ1v) is 7.53. The Hall–Kier alpha value is -1.48. The fourth-order valence-corrected chi connectivity index (χ4v) is 2.57. The maximum absolute atomic E-state index is 12.0. The molecule has 1 aromatic carbocycles. The van der Waals surface area contributed by atoms with Gasteiger partial charge in [0.25, 0.3) is 16.0 Å². The van der Waals surface area contributed by atoms with E-state index in [2.05, 4.69) is 36.1 Å². The third-order valence-corrected chi connectivity index (χ3v) is 4.11. The molecule has 1 aromatic heterocycles. The Morgan fingerprint density at radius 1 is 1.33 bits per heavy atom. The molecule has 7 nitrogen and oxygen atoms in total. The van der Waals surface area contributed by atoms with Gasteiger partial charge in [0.1, 0.15) is 0 Å². The summed E-state index contributed by atoms with van der Waals surface area (Å²) in [6.07, 6.45) is 0. The average Bonchev–Trinajstić information content (AvgIpc) is 2.74. The van der Waals surface area contributed by atoms with E-state index in [0.29, 0.717) is 5.33 Å². The van der Waals surface area contributed by atoms with Crippen molar-refractivity contribution < 1.29 is 8.42 Å². The number of hydrogen-bond donors (Lipinski definition) is 1. The summed E-state index contributed by atoms with van der Waals surface area (Å²) in [6.45, 7) is 0. The summed E-state index contributed by atoms with van der Waals surface area (Å²) >= 11 is 3.29. The molecule has 96 valence electrons. The molecule has 0 bridgehead atoms. The summed E-state index contributed by atoms with van der Waals surface area (Å²) in [5, 5.41) is 11.5. The van der Waals surface area contributed by atoms with Crippen molar-refractivity contribution in [2.24, 2.45) is 7.05 Å². The largest absolute Gasteiger partial charge is 0.277 e. The van der Waals surface area contributed by atoms with E-state index in [1.807, 2.05) is 0 Å². The third-order valence-electron chi connectivity index (χ3n) is 2.12. The SMILES string of the molecule is Cn1nnc(NS(=O)(=O)c2ccc(CBr)cc2)n1. The van der Waals surface area contributed by atoms with Gasteiger partial charge in [-0.3, -0.25) is 0 Å². The number of alkyl halides is 1. The Bertz CT molecular complexity index is 637. The highest BCUT2D eigenvalue weighted by Gasteiger charge is 2.16. The van der Waals surface area contributed by atoms with E-state index in [1.165, 1.54) is 16.9 Å². The molecule has 9 heteroatoms. The monoisotopic (exact) mass is 331 g/mol. The van der Waals surface area contributed by atoms with E-state index in [0.717, 1.165) is 5.56 Å². The Balaban J connectivity index is 2.24. The third kappa shape index (κ3) is 2.85. The van der Waals surface area contributed by atoms with Crippen LogP contribution >= 0.6 is 15.9 Å². The van der Waals surface area contributed by atoms with Crippen molar-refractivity contribution in [1.29, 1.82) is 0 Å². The van der Waals surface area contributed by atoms with Crippen LogP contribution in [0.2, 0.25) is 0 Å². The predicted octanol–water partition coefficient (Wildman–Crippen LogP) is 0.906. The van der Waals surface area contributed by atoms with Crippen molar-refractivity contribution in [3.05, 3.63) is 29.8 Å². The van der Waals surface area contributed by atoms with Crippen LogP contribution in [0.15, 0.2) is 29.2 Å². The summed E-state index contributed by atoms with van der Waals surface area (Å²) in [5.74, 6) is -0.0536. The number of nitrogens with zero attached hydrogens (tertiary/aromatic N) is 4. The summed E-state index contributed by atoms with van der Waals surface area (Å²) in [4.78, 5) is 1.32. The topological polar surface area (TPSA) is 89.8 Å². The van der Waals surface area contributed by atoms with Crippen LogP contribution < -0.4 is 4.72 Å². The van der Waals surface area contributed by atoms with Gasteiger partial charge in [-0.05, 0) is 22.9 Å². The molecule has 0 aliphatic heterocycles. The first kappa shape index (κ1) is 13.0. The van der Waals surface area contributed by atoms with Crippen molar-refractivity contribution in [1.82, 2.24) is 20.2 Å². The van der Waals surface area contributed by atoms with E-state index in [1.54, 1.807) is 19.2 Å². The van der Waals surface area contributed by atoms with Crippen molar-refractivity contribution in [3.8, 4) is 0 Å². The molecule has 1 N–H and O–H groups in total. The van der Waals surface area contributed by atoms with Gasteiger partial charge in [-0.1, -0.05) is 33.2 Å². The van der Waals surface area contributed by atoms with Gasteiger partial charge >= 0.3 is 0 Å². The van der Waals surface area contributed by atoms with Crippen molar-refractivity contribution >= 4 is 31.9 Å². The van der Waals surface area contributed by atoms with Gasteiger partial charge in [-0.25, -0.2) is 13.1 Å². The molecule has 0 fully saturated rings. The molecule has 0 radical (unpaired) electrons. The van der Waals surface area contributed by atoms with Crippen molar-refractivity contribution in [2.75, 3.05) is 4.72 Å². The van der Waals surface area contributed by atoms with Gasteiger partial charge in [0.2, 0.25) is 0 Å². The minimum absolute atomic E-state index is 0.0536. The normalized spacial score (nSPS) is 11.4. The number of halogens is 1. The van der Waals surface area contributed by atoms with E-state index in [-0.39, 0.29) is 10.8 Å². The van der Waals surface area contributed by atoms with Crippen LogP contribution in [0.4, 0.5) is 5.95 Å². The second-order valence-corrected chi connectivity index (χ2v) is 5.73. The number of tetrazole rings is 1. The van der Waals surface area contributed by atoms with Crippen LogP contribution in [0.1, 0.15) is 5.56 Å². The lowest BCUT2D eigenvalue weighted by Crippen LogP contribution is -2.14. The van der Waals surface area contributed by atoms with Crippen LogP contribution in [0.25, 0.3) is 0 Å². The lowest BCUT2D eigenvalue weighted by molar-refractivity contribution is 0.600. The van der Waals surface area contributed by atoms with Gasteiger partial charge in [0.15, 0.2) is 0 Å². The molecule has 0 spiro atoms. The molecular formula is C9H10BrN5O2S. The highest BCUT2D eigenvalue weighted by Crippen LogP contribution is 2.14. The van der Waals surface area contributed by atoms with Crippen LogP contribution in [0.3, 0.4) is 0 Å². The van der Waals surface area contributed by atoms with Gasteiger partial charge in [-0.2, -0.15) is 4.80 Å². The second-order valence-electron chi connectivity index (χ2n) is 3.49. The zero-order valence-electron chi connectivity index (χ0n) is 9.41. The number of aromatic nitrogens is 4. The van der Waals surface area contributed by atoms with E-state index < -0.39 is 10.0 Å². The number of benzene rings is 1. The number of sulfonamides is 1. The lowest BCUT2D eigenvalue weighted by atomic mass is 10.2. The first-order valence-electron chi connectivity index (χ1n) is 4.93. The van der Waals surface area contributed by atoms with Crippen LogP contribution in [0, 0.1) is 0 Å². The molecule has 2 rings (SSSR count). The minimum Gasteiger partial charge on any atom is -0.245 e. The van der Waals surface area contributed by atoms with Crippen LogP contribution in [0.5, 0.6) is 0 Å². The first-order chi connectivity index (χ1) is 8.51. The molecule has 1 heterocycles. The number of nitrogens with one attached hydrogen (secondary N) is 1. The number of rotatable bonds is 4. The number of anilines is 1. The highest BCUT2D eigenvalue weighted by molar-refractivity contribution is 9.08. The maximum Gasteiger partial charge on any atom is 0.277 e. The summed E-state index contributed by atoms with van der Waals surface area (Å²) < 4.78 is 26.2. The second kappa shape index (κ2) is 5.02. The molecule has 0 atom stereocenters. The van der Waals surface area contributed by atoms with Crippen LogP contribution in [-0.2, 0) is 22.4 Å². The van der Waals surface area contributed by atoms with Gasteiger partial charge in [0.05, 0.1) is 11.9 Å². The quantitative estimate of drug-likeness (QED) is 0.841. The molecule has 0 amide bonds. The van der Waals surface area contributed by atoms with Gasteiger partial charge in [-0.15, -0.1) is 5.10 Å². The number of aryl methyl sites for hydroxylation is 1. The fraction of sp³-hybridized carbons (Fsp3) is 0.222. The highest BCUT2D eigenvalue weighted by atomic mass is 79.9. The van der Waals surface area contributed by atoms with Crippen LogP contribution in [-0.4, -0.2) is 28.6 Å².